The van der Waals surface area contributed by atoms with Gasteiger partial charge < -0.3 is 45.0 Å². The summed E-state index contributed by atoms with van der Waals surface area (Å²) in [5.41, 5.74) is -1.17. The van der Waals surface area contributed by atoms with Crippen molar-refractivity contribution in [3.05, 3.63) is 83.0 Å². The number of nitrogens with one attached hydrogen (secondary N) is 3. The predicted octanol–water partition coefficient (Wildman–Crippen LogP) is 1.03. The van der Waals surface area contributed by atoms with Crippen LogP contribution in [0.1, 0.15) is 73.2 Å². The maximum Gasteiger partial charge on any atom is 0.236 e. The van der Waals surface area contributed by atoms with Crippen molar-refractivity contribution in [2.45, 2.75) is 79.4 Å². The van der Waals surface area contributed by atoms with Gasteiger partial charge in [-0.15, -0.1) is 0 Å². The average Bonchev–Trinajstić information content (AvgIpc) is 3.05. The monoisotopic (exact) mass is 682 g/mol. The molecule has 0 bridgehead atoms. The van der Waals surface area contributed by atoms with Crippen molar-refractivity contribution in [1.29, 1.82) is 0 Å². The summed E-state index contributed by atoms with van der Waals surface area (Å²) < 4.78 is 4.71. The van der Waals surface area contributed by atoms with Crippen LogP contribution in [0.4, 0.5) is 0 Å². The van der Waals surface area contributed by atoms with E-state index in [-0.39, 0.29) is 74.7 Å². The molecule has 15 nitrogen and oxygen atoms in total. The van der Waals surface area contributed by atoms with Gasteiger partial charge in [0.2, 0.25) is 34.0 Å². The second-order valence-corrected chi connectivity index (χ2v) is 12.3. The van der Waals surface area contributed by atoms with Crippen molar-refractivity contribution in [3.8, 4) is 17.2 Å². The van der Waals surface area contributed by atoms with Gasteiger partial charge in [-0.05, 0) is 40.0 Å². The number of aromatic hydroxyl groups is 3. The Bertz CT molecular complexity index is 1850. The van der Waals surface area contributed by atoms with E-state index in [1.54, 1.807) is 62.5 Å². The number of pyridine rings is 3. The Morgan fingerprint density at radius 1 is 0.633 bits per heavy atom. The Labute approximate surface area is 283 Å². The lowest BCUT2D eigenvalue weighted by molar-refractivity contribution is -0.145. The molecule has 0 aromatic carbocycles. The van der Waals surface area contributed by atoms with Gasteiger partial charge in [0, 0.05) is 62.8 Å². The molecule has 0 unspecified atom stereocenters. The second kappa shape index (κ2) is 15.7. The second-order valence-electron chi connectivity index (χ2n) is 12.3. The molecule has 0 saturated carbocycles. The Kier molecular flexibility index (Phi) is 12.2. The Hall–Kier alpha value is -5.34. The molecule has 0 fully saturated rings. The summed E-state index contributed by atoms with van der Waals surface area (Å²) in [4.78, 5) is 76.9. The Balaban J connectivity index is 1.79. The topological polar surface area (TPSA) is 214 Å². The molecular formula is C34H46N6O9. The molecule has 0 spiro atoms. The smallest absolute Gasteiger partial charge is 0.236 e. The first-order valence-electron chi connectivity index (χ1n) is 15.9. The lowest BCUT2D eigenvalue weighted by Gasteiger charge is -2.31. The average molecular weight is 683 g/mol. The van der Waals surface area contributed by atoms with Gasteiger partial charge in [-0.25, -0.2) is 0 Å². The normalized spacial score (nSPS) is 11.3. The van der Waals surface area contributed by atoms with E-state index in [4.69, 9.17) is 0 Å². The highest BCUT2D eigenvalue weighted by Gasteiger charge is 2.43. The highest BCUT2D eigenvalue weighted by Crippen LogP contribution is 2.31. The number of hydrogen-bond acceptors (Lipinski definition) is 9. The molecule has 0 aliphatic heterocycles. The van der Waals surface area contributed by atoms with Crippen LogP contribution < -0.4 is 32.2 Å². The zero-order chi connectivity index (χ0) is 36.8. The number of unbranched alkanes of at least 4 members (excludes halogenated alkanes) is 1. The van der Waals surface area contributed by atoms with Crippen molar-refractivity contribution in [2.75, 3.05) is 0 Å². The summed E-state index contributed by atoms with van der Waals surface area (Å²) in [5.74, 6) is -3.22. The molecular weight excluding hydrogens is 636 g/mol. The molecule has 6 N–H and O–H groups in total. The summed E-state index contributed by atoms with van der Waals surface area (Å²) in [6.45, 7) is 6.12. The van der Waals surface area contributed by atoms with Gasteiger partial charge in [-0.2, -0.15) is 0 Å². The van der Waals surface area contributed by atoms with Crippen LogP contribution in [0.3, 0.4) is 0 Å². The number of carbonyl (C=O) groups is 3. The minimum absolute atomic E-state index is 0.0130. The summed E-state index contributed by atoms with van der Waals surface area (Å²) in [6, 6.07) is 3.82. The minimum Gasteiger partial charge on any atom is -0.503 e. The number of nitrogens with zero attached hydrogens (tertiary/aromatic N) is 3. The predicted molar refractivity (Wildman–Crippen MR) is 181 cm³/mol. The fraction of sp³-hybridized carbons (Fsp3) is 0.471. The van der Waals surface area contributed by atoms with E-state index in [0.717, 1.165) is 0 Å². The lowest BCUT2D eigenvalue weighted by atomic mass is 9.77. The molecule has 0 aliphatic rings. The van der Waals surface area contributed by atoms with Crippen LogP contribution in [-0.2, 0) is 55.2 Å². The largest absolute Gasteiger partial charge is 0.503 e. The van der Waals surface area contributed by atoms with Gasteiger partial charge in [0.25, 0.3) is 0 Å². The van der Waals surface area contributed by atoms with E-state index >= 15 is 0 Å². The van der Waals surface area contributed by atoms with Crippen molar-refractivity contribution in [2.24, 2.45) is 26.6 Å². The first-order chi connectivity index (χ1) is 23.0. The van der Waals surface area contributed by atoms with Gasteiger partial charge in [-0.1, -0.05) is 13.3 Å². The number of hydrogen-bond donors (Lipinski definition) is 6. The van der Waals surface area contributed by atoms with Crippen molar-refractivity contribution in [3.63, 3.8) is 0 Å². The molecule has 3 rings (SSSR count). The van der Waals surface area contributed by atoms with Gasteiger partial charge in [0.1, 0.15) is 5.41 Å². The molecule has 0 saturated heterocycles. The van der Waals surface area contributed by atoms with Gasteiger partial charge in [0.05, 0.1) is 36.7 Å². The van der Waals surface area contributed by atoms with Crippen LogP contribution in [-0.4, -0.2) is 46.7 Å². The molecule has 3 heterocycles. The van der Waals surface area contributed by atoms with Crippen molar-refractivity contribution in [1.82, 2.24) is 29.7 Å². The lowest BCUT2D eigenvalue weighted by Crippen LogP contribution is -2.51. The number of aromatic nitrogens is 3. The van der Waals surface area contributed by atoms with E-state index < -0.39 is 50.8 Å². The van der Waals surface area contributed by atoms with E-state index in [1.165, 1.54) is 18.2 Å². The van der Waals surface area contributed by atoms with E-state index in [2.05, 4.69) is 16.0 Å². The Morgan fingerprint density at radius 2 is 0.980 bits per heavy atom. The zero-order valence-corrected chi connectivity index (χ0v) is 29.0. The van der Waals surface area contributed by atoms with Crippen LogP contribution in [0.5, 0.6) is 17.2 Å². The molecule has 3 aromatic heterocycles. The van der Waals surface area contributed by atoms with Gasteiger partial charge in [-0.3, -0.25) is 28.8 Å². The van der Waals surface area contributed by atoms with Crippen molar-refractivity contribution >= 4 is 17.7 Å². The quantitative estimate of drug-likeness (QED) is 0.106. The minimum atomic E-state index is -1.67. The third-order valence-electron chi connectivity index (χ3n) is 9.36. The maximum atomic E-state index is 13.9. The number of amides is 3. The number of rotatable bonds is 14. The fourth-order valence-electron chi connectivity index (χ4n) is 5.69. The third-order valence-corrected chi connectivity index (χ3v) is 9.36. The Morgan fingerprint density at radius 3 is 1.33 bits per heavy atom. The number of carbonyl (C=O) groups excluding carboxylic acids is 3. The van der Waals surface area contributed by atoms with E-state index in [1.807, 2.05) is 0 Å². The van der Waals surface area contributed by atoms with Crippen molar-refractivity contribution < 1.29 is 29.7 Å². The SMILES string of the molecule is CCC(CCCCC(=O)NCc1c(O)c(=O)cc(C)n1C)(C(=O)NCc1c(O)c(=O)cc(C)n1C)C(=O)NCc1c(O)c(=O)cc(C)n1C. The molecule has 266 valence electrons. The molecule has 0 radical (unpaired) electrons. The molecule has 49 heavy (non-hydrogen) atoms. The highest BCUT2D eigenvalue weighted by molar-refractivity contribution is 6.05. The summed E-state index contributed by atoms with van der Waals surface area (Å²) in [7, 11) is 4.91. The summed E-state index contributed by atoms with van der Waals surface area (Å²) in [6.07, 6.45) is 0.627. The van der Waals surface area contributed by atoms with Crippen LogP contribution in [0.15, 0.2) is 32.6 Å². The van der Waals surface area contributed by atoms with E-state index in [9.17, 15) is 44.1 Å². The molecule has 3 aromatic rings. The molecule has 3 amide bonds. The number of aryl methyl sites for hydroxylation is 3. The van der Waals surface area contributed by atoms with E-state index in [0.29, 0.717) is 17.1 Å². The third kappa shape index (κ3) is 8.21. The highest BCUT2D eigenvalue weighted by atomic mass is 16.3. The first kappa shape index (κ1) is 38.1. The maximum absolute atomic E-state index is 13.9. The van der Waals surface area contributed by atoms with Crippen LogP contribution in [0.2, 0.25) is 0 Å². The first-order valence-corrected chi connectivity index (χ1v) is 15.9. The zero-order valence-electron chi connectivity index (χ0n) is 29.0. The molecule has 15 heteroatoms. The van der Waals surface area contributed by atoms with Crippen LogP contribution >= 0.6 is 0 Å². The van der Waals surface area contributed by atoms with Gasteiger partial charge in [0.15, 0.2) is 17.2 Å². The summed E-state index contributed by atoms with van der Waals surface area (Å²) >= 11 is 0. The summed E-state index contributed by atoms with van der Waals surface area (Å²) in [5, 5.41) is 39.1. The fourth-order valence-corrected chi connectivity index (χ4v) is 5.69. The standard InChI is InChI=1S/C34H46N6O9/c1-8-34(32(48)36-17-23-30(46)26(42)14-20(3)39(23)6,33(49)37-18-24-31(47)27(43)15-21(4)40(24)7)12-10-9-11-28(44)35-16-22-29(45)25(41)13-19(2)38(22)5/h13-15,45-47H,8-12,16-18H2,1-7H3,(H,35,44)(H,36,48)(H,37,49). The molecule has 0 aliphatic carbocycles. The molecule has 0 atom stereocenters. The van der Waals surface area contributed by atoms with Crippen LogP contribution in [0.25, 0.3) is 0 Å². The van der Waals surface area contributed by atoms with Gasteiger partial charge >= 0.3 is 0 Å². The van der Waals surface area contributed by atoms with Crippen LogP contribution in [0, 0.1) is 26.2 Å².